The van der Waals surface area contributed by atoms with E-state index in [1.165, 1.54) is 0 Å². The Kier molecular flexibility index (Phi) is 4.61. The van der Waals surface area contributed by atoms with Crippen molar-refractivity contribution in [1.82, 2.24) is 0 Å². The predicted molar refractivity (Wildman–Crippen MR) is 64.0 cm³/mol. The number of thiocarbonyl (C=S) groups is 1. The molecule has 1 nitrogen and oxygen atoms in total. The van der Waals surface area contributed by atoms with Crippen molar-refractivity contribution in [2.45, 2.75) is 0 Å². The lowest BCUT2D eigenvalue weighted by molar-refractivity contribution is 1.53. The van der Waals surface area contributed by atoms with Gasteiger partial charge < -0.3 is 0 Å². The minimum absolute atomic E-state index is 0.840. The van der Waals surface area contributed by atoms with Gasteiger partial charge in [0.25, 0.3) is 0 Å². The molecule has 0 saturated heterocycles. The largest absolute Gasteiger partial charge is 0.195 e. The minimum atomic E-state index is 0.840. The van der Waals surface area contributed by atoms with Crippen molar-refractivity contribution >= 4 is 45.1 Å². The molecule has 3 heteroatoms. The average molecular weight is 254 g/mol. The Morgan fingerprint density at radius 1 is 1.54 bits per heavy atom. The van der Waals surface area contributed by atoms with Crippen LogP contribution in [0.2, 0.25) is 0 Å². The van der Waals surface area contributed by atoms with Crippen molar-refractivity contribution in [1.29, 1.82) is 0 Å². The molecule has 1 aromatic rings. The number of hydrogen-bond donors (Lipinski definition) is 0. The summed E-state index contributed by atoms with van der Waals surface area (Å²) in [7, 11) is 0. The van der Waals surface area contributed by atoms with Crippen molar-refractivity contribution in [3.63, 3.8) is 0 Å². The number of isothiocyanates is 1. The monoisotopic (exact) mass is 253 g/mol. The van der Waals surface area contributed by atoms with E-state index in [0.29, 0.717) is 0 Å². The Hall–Kier alpha value is -0.760. The summed E-state index contributed by atoms with van der Waals surface area (Å²) in [6.07, 6.45) is 4.05. The molecule has 1 rings (SSSR count). The maximum atomic E-state index is 4.52. The van der Waals surface area contributed by atoms with Gasteiger partial charge in [-0.15, -0.1) is 0 Å². The highest BCUT2D eigenvalue weighted by Crippen LogP contribution is 2.14. The third-order valence-electron chi connectivity index (χ3n) is 1.44. The fourth-order valence-electron chi connectivity index (χ4n) is 0.931. The summed E-state index contributed by atoms with van der Waals surface area (Å²) in [5.74, 6) is 0. The second kappa shape index (κ2) is 5.81. The number of aliphatic imine (C=N–C) groups is 1. The molecule has 0 radical (unpaired) electrons. The van der Waals surface area contributed by atoms with Crippen LogP contribution in [0.4, 0.5) is 5.69 Å². The van der Waals surface area contributed by atoms with Crippen LogP contribution in [0.3, 0.4) is 0 Å². The zero-order valence-corrected chi connectivity index (χ0v) is 9.31. The van der Waals surface area contributed by atoms with Crippen LogP contribution in [0.1, 0.15) is 5.56 Å². The van der Waals surface area contributed by atoms with Crippen molar-refractivity contribution in [3.8, 4) is 0 Å². The number of benzene rings is 1. The van der Waals surface area contributed by atoms with Crippen LogP contribution in [0.25, 0.3) is 6.08 Å². The van der Waals surface area contributed by atoms with E-state index in [2.05, 4.69) is 38.3 Å². The average Bonchev–Trinajstić information content (AvgIpc) is 2.16. The molecule has 0 bridgehead atoms. The molecule has 0 N–H and O–H groups in total. The topological polar surface area (TPSA) is 12.4 Å². The highest BCUT2D eigenvalue weighted by atomic mass is 79.9. The Balaban J connectivity index is 2.91. The van der Waals surface area contributed by atoms with Gasteiger partial charge in [0.05, 0.1) is 10.8 Å². The Labute approximate surface area is 91.3 Å². The molecular formula is C10H8BrNS. The fourth-order valence-corrected chi connectivity index (χ4v) is 1.22. The Morgan fingerprint density at radius 2 is 2.38 bits per heavy atom. The van der Waals surface area contributed by atoms with E-state index in [-0.39, 0.29) is 0 Å². The van der Waals surface area contributed by atoms with Gasteiger partial charge in [0, 0.05) is 5.33 Å². The molecule has 0 fully saturated rings. The first-order chi connectivity index (χ1) is 6.36. The number of halogens is 1. The molecule has 13 heavy (non-hydrogen) atoms. The predicted octanol–water partition coefficient (Wildman–Crippen LogP) is 3.83. The Morgan fingerprint density at radius 3 is 3.08 bits per heavy atom. The van der Waals surface area contributed by atoms with Gasteiger partial charge in [-0.3, -0.25) is 0 Å². The van der Waals surface area contributed by atoms with Gasteiger partial charge in [0.1, 0.15) is 0 Å². The molecule has 0 amide bonds. The van der Waals surface area contributed by atoms with E-state index in [0.717, 1.165) is 16.6 Å². The summed E-state index contributed by atoms with van der Waals surface area (Å²) in [6.45, 7) is 0. The SMILES string of the molecule is S=C=Nc1cccc(C=CCBr)c1. The van der Waals surface area contributed by atoms with Gasteiger partial charge in [-0.25, -0.2) is 0 Å². The summed E-state index contributed by atoms with van der Waals surface area (Å²) in [4.78, 5) is 3.89. The molecule has 0 aliphatic carbocycles. The molecule has 0 aromatic heterocycles. The third-order valence-corrected chi connectivity index (χ3v) is 1.91. The van der Waals surface area contributed by atoms with Crippen LogP contribution in [0.5, 0.6) is 0 Å². The van der Waals surface area contributed by atoms with Crippen LogP contribution in [0.15, 0.2) is 35.3 Å². The molecule has 0 saturated carbocycles. The van der Waals surface area contributed by atoms with E-state index >= 15 is 0 Å². The van der Waals surface area contributed by atoms with Crippen LogP contribution in [-0.4, -0.2) is 10.5 Å². The van der Waals surface area contributed by atoms with E-state index < -0.39 is 0 Å². The third kappa shape index (κ3) is 3.64. The second-order valence-corrected chi connectivity index (χ2v) is 3.18. The lowest BCUT2D eigenvalue weighted by Crippen LogP contribution is -1.71. The van der Waals surface area contributed by atoms with Gasteiger partial charge in [0.2, 0.25) is 0 Å². The lowest BCUT2D eigenvalue weighted by atomic mass is 10.2. The first-order valence-corrected chi connectivity index (χ1v) is 5.30. The van der Waals surface area contributed by atoms with Crippen molar-refractivity contribution in [2.75, 3.05) is 5.33 Å². The lowest BCUT2D eigenvalue weighted by Gasteiger charge is -1.93. The van der Waals surface area contributed by atoms with E-state index in [1.54, 1.807) is 0 Å². The van der Waals surface area contributed by atoms with Gasteiger partial charge in [-0.05, 0) is 29.9 Å². The number of nitrogens with zero attached hydrogens (tertiary/aromatic N) is 1. The zero-order chi connectivity index (χ0) is 9.52. The maximum Gasteiger partial charge on any atom is 0.0745 e. The summed E-state index contributed by atoms with van der Waals surface area (Å²) in [6, 6.07) is 7.81. The van der Waals surface area contributed by atoms with Gasteiger partial charge in [-0.1, -0.05) is 40.2 Å². The van der Waals surface area contributed by atoms with Crippen LogP contribution < -0.4 is 0 Å². The van der Waals surface area contributed by atoms with Crippen molar-refractivity contribution in [2.24, 2.45) is 4.99 Å². The molecule has 66 valence electrons. The summed E-state index contributed by atoms with van der Waals surface area (Å²) < 4.78 is 0. The smallest absolute Gasteiger partial charge is 0.0745 e. The second-order valence-electron chi connectivity index (χ2n) is 2.35. The first-order valence-electron chi connectivity index (χ1n) is 3.77. The molecule has 0 aliphatic rings. The molecule has 0 aliphatic heterocycles. The molecule has 0 spiro atoms. The molecule has 0 unspecified atom stereocenters. The van der Waals surface area contributed by atoms with Gasteiger partial charge >= 0.3 is 0 Å². The van der Waals surface area contributed by atoms with Crippen molar-refractivity contribution < 1.29 is 0 Å². The van der Waals surface area contributed by atoms with Gasteiger partial charge in [0.15, 0.2) is 0 Å². The standard InChI is InChI=1S/C10H8BrNS/c11-6-2-4-9-3-1-5-10(7-9)12-8-13/h1-5,7H,6H2. The highest BCUT2D eigenvalue weighted by molar-refractivity contribution is 9.09. The molecule has 0 atom stereocenters. The van der Waals surface area contributed by atoms with Crippen LogP contribution in [0, 0.1) is 0 Å². The van der Waals surface area contributed by atoms with E-state index in [4.69, 9.17) is 0 Å². The van der Waals surface area contributed by atoms with Crippen LogP contribution >= 0.6 is 28.1 Å². The maximum absolute atomic E-state index is 4.52. The normalized spacial score (nSPS) is 9.92. The van der Waals surface area contributed by atoms with E-state index in [9.17, 15) is 0 Å². The number of alkyl halides is 1. The Bertz CT molecular complexity index is 354. The fraction of sp³-hybridized carbons (Fsp3) is 0.100. The molecule has 0 heterocycles. The number of hydrogen-bond acceptors (Lipinski definition) is 2. The summed E-state index contributed by atoms with van der Waals surface area (Å²) >= 11 is 7.84. The quantitative estimate of drug-likeness (QED) is 0.453. The van der Waals surface area contributed by atoms with E-state index in [1.807, 2.05) is 36.4 Å². The number of allylic oxidation sites excluding steroid dienone is 1. The number of rotatable bonds is 3. The summed E-state index contributed by atoms with van der Waals surface area (Å²) in [5.41, 5.74) is 1.96. The van der Waals surface area contributed by atoms with Gasteiger partial charge in [-0.2, -0.15) is 4.99 Å². The zero-order valence-electron chi connectivity index (χ0n) is 6.90. The molecule has 1 aromatic carbocycles. The highest BCUT2D eigenvalue weighted by Gasteiger charge is 1.89. The molecular weight excluding hydrogens is 246 g/mol. The van der Waals surface area contributed by atoms with Crippen molar-refractivity contribution in [3.05, 3.63) is 35.9 Å². The first kappa shape index (κ1) is 10.3. The minimum Gasteiger partial charge on any atom is -0.195 e. The van der Waals surface area contributed by atoms with Crippen LogP contribution in [-0.2, 0) is 0 Å². The summed E-state index contributed by atoms with van der Waals surface area (Å²) in [5, 5.41) is 3.20.